The molecule has 0 aliphatic rings. The minimum atomic E-state index is -5.43. The summed E-state index contributed by atoms with van der Waals surface area (Å²) < 4.78 is 179. The van der Waals surface area contributed by atoms with E-state index in [1.165, 1.54) is 0 Å². The number of aromatic nitrogens is 1. The fraction of sp³-hybridized carbons (Fsp3) is 0.0556. The monoisotopic (exact) mass is 450 g/mol. The summed E-state index contributed by atoms with van der Waals surface area (Å²) in [5.74, 6) is -6.18. The normalized spacial score (nSPS) is 18.6. The van der Waals surface area contributed by atoms with Crippen molar-refractivity contribution in [1.82, 2.24) is 4.98 Å². The van der Waals surface area contributed by atoms with Gasteiger partial charge in [-0.15, -0.1) is 0 Å². The fourth-order valence-electron chi connectivity index (χ4n) is 1.86. The second kappa shape index (κ2) is 8.17. The molecule has 0 fully saturated rings. The third kappa shape index (κ3) is 5.99. The molecule has 3 aromatic rings. The number of nitrogens with zero attached hydrogens (tertiary/aromatic N) is 1. The average Bonchev–Trinajstić information content (AvgIpc) is 2.86. The average molecular weight is 451 g/mol. The SMILES string of the molecule is [2H]c1nc(C([2H])(c2c([2H])c([2H])c(OS(=O)(=O)O)c([2H])c2[2H])c2c([2H])c([2H])c(OS(=O)(=O)O)c([2H])c2[2H])c([2H])c([2H])c1[2H]. The number of rotatable bonds is 7. The molecule has 11 heteroatoms. The molecule has 0 atom stereocenters. The first kappa shape index (κ1) is 9.67. The first-order chi connectivity index (χ1) is 19.0. The minimum absolute atomic E-state index is 0.945. The van der Waals surface area contributed by atoms with E-state index < -0.39 is 128 Å². The van der Waals surface area contributed by atoms with Gasteiger partial charge in [0.15, 0.2) is 0 Å². The summed E-state index contributed by atoms with van der Waals surface area (Å²) in [7, 11) is -10.9. The van der Waals surface area contributed by atoms with Crippen LogP contribution in [0.2, 0.25) is 0 Å². The molecule has 29 heavy (non-hydrogen) atoms. The molecule has 0 aliphatic heterocycles. The van der Waals surface area contributed by atoms with E-state index in [-0.39, 0.29) is 0 Å². The highest BCUT2D eigenvalue weighted by molar-refractivity contribution is 7.81. The molecule has 0 aliphatic carbocycles. The van der Waals surface area contributed by atoms with Crippen LogP contribution in [0.3, 0.4) is 0 Å². The minimum Gasteiger partial charge on any atom is -0.362 e. The van der Waals surface area contributed by atoms with E-state index in [2.05, 4.69) is 13.4 Å². The smallest absolute Gasteiger partial charge is 0.362 e. The molecule has 1 heterocycles. The zero-order chi connectivity index (χ0) is 32.4. The van der Waals surface area contributed by atoms with Crippen molar-refractivity contribution in [3.05, 3.63) is 89.5 Å². The van der Waals surface area contributed by atoms with Gasteiger partial charge in [-0.25, -0.2) is 0 Å². The standard InChI is InChI=1S/C18H15NO8S2/c20-28(21,22)26-15-8-4-13(5-9-15)18(17-3-1-2-12-19-17)14-6-10-16(11-7-14)27-29(23,24)25/h1-12,18H,(H,20,21,22)(H,23,24,25)/i1D,2D,3D,4D,5D,6D,7D,8D,9D,10D,11D,12D,18D. The highest BCUT2D eigenvalue weighted by atomic mass is 32.3. The summed E-state index contributed by atoms with van der Waals surface area (Å²) in [4.78, 5) is 3.58. The summed E-state index contributed by atoms with van der Waals surface area (Å²) in [6, 6.07) is -14.1. The van der Waals surface area contributed by atoms with Crippen molar-refractivity contribution in [2.24, 2.45) is 0 Å². The summed E-state index contributed by atoms with van der Waals surface area (Å²) >= 11 is 0. The van der Waals surface area contributed by atoms with E-state index >= 15 is 0 Å². The van der Waals surface area contributed by atoms with Crippen molar-refractivity contribution in [2.45, 2.75) is 5.89 Å². The van der Waals surface area contributed by atoms with Crippen LogP contribution in [-0.4, -0.2) is 30.9 Å². The molecule has 3 rings (SSSR count). The third-order valence-corrected chi connectivity index (χ3v) is 3.54. The van der Waals surface area contributed by atoms with Crippen LogP contribution in [0.4, 0.5) is 0 Å². The van der Waals surface area contributed by atoms with Gasteiger partial charge in [0.1, 0.15) is 11.5 Å². The summed E-state index contributed by atoms with van der Waals surface area (Å²) in [5, 5.41) is 0. The van der Waals surface area contributed by atoms with E-state index in [0.29, 0.717) is 0 Å². The van der Waals surface area contributed by atoms with E-state index in [9.17, 15) is 18.2 Å². The molecule has 0 saturated heterocycles. The van der Waals surface area contributed by atoms with E-state index in [1.54, 1.807) is 0 Å². The molecule has 0 bridgehead atoms. The van der Waals surface area contributed by atoms with Gasteiger partial charge < -0.3 is 8.37 Å². The Bertz CT molecular complexity index is 1730. The number of benzene rings is 2. The highest BCUT2D eigenvalue weighted by Gasteiger charge is 2.19. The molecule has 0 spiro atoms. The van der Waals surface area contributed by atoms with Gasteiger partial charge in [-0.1, -0.05) is 30.2 Å². The molecular weight excluding hydrogens is 422 g/mol. The van der Waals surface area contributed by atoms with Crippen molar-refractivity contribution in [3.8, 4) is 11.5 Å². The fourth-order valence-corrected chi connectivity index (χ4v) is 2.44. The van der Waals surface area contributed by atoms with Crippen LogP contribution in [0, 0.1) is 0 Å². The number of hydrogen-bond donors (Lipinski definition) is 2. The summed E-state index contributed by atoms with van der Waals surface area (Å²) in [6.07, 6.45) is -1.08. The molecule has 9 nitrogen and oxygen atoms in total. The van der Waals surface area contributed by atoms with Crippen LogP contribution in [0.5, 0.6) is 11.5 Å². The van der Waals surface area contributed by atoms with E-state index in [4.69, 9.17) is 25.6 Å². The molecule has 1 aromatic heterocycles. The Labute approximate surface area is 185 Å². The van der Waals surface area contributed by atoms with Crippen molar-refractivity contribution in [1.29, 1.82) is 0 Å². The predicted molar refractivity (Wildman–Crippen MR) is 102 cm³/mol. The van der Waals surface area contributed by atoms with Crippen LogP contribution >= 0.6 is 0 Å². The third-order valence-electron chi connectivity index (χ3n) is 2.79. The van der Waals surface area contributed by atoms with E-state index in [0.717, 1.165) is 0 Å². The van der Waals surface area contributed by atoms with Crippen LogP contribution < -0.4 is 8.37 Å². The maximum absolute atomic E-state index is 11.2. The number of hydrogen-bond acceptors (Lipinski definition) is 7. The van der Waals surface area contributed by atoms with Gasteiger partial charge in [0.05, 0.1) is 28.0 Å². The predicted octanol–water partition coefficient (Wildman–Crippen LogP) is 2.62. The van der Waals surface area contributed by atoms with Crippen LogP contribution in [0.15, 0.2) is 72.6 Å². The Morgan fingerprint density at radius 1 is 0.793 bits per heavy atom. The summed E-state index contributed by atoms with van der Waals surface area (Å²) in [5.41, 5.74) is -3.68. The van der Waals surface area contributed by atoms with Gasteiger partial charge >= 0.3 is 20.8 Å². The highest BCUT2D eigenvalue weighted by Crippen LogP contribution is 2.32. The molecule has 0 saturated carbocycles. The largest absolute Gasteiger partial charge is 0.446 e. The molecule has 152 valence electrons. The van der Waals surface area contributed by atoms with Gasteiger partial charge in [0, 0.05) is 7.54 Å². The lowest BCUT2D eigenvalue weighted by Crippen LogP contribution is -2.08. The zero-order valence-electron chi connectivity index (χ0n) is 26.6. The Hall–Kier alpha value is -2.99. The maximum atomic E-state index is 11.2. The van der Waals surface area contributed by atoms with Crippen LogP contribution in [-0.2, 0) is 20.8 Å². The van der Waals surface area contributed by atoms with Gasteiger partial charge in [-0.05, 0) is 47.4 Å². The lowest BCUT2D eigenvalue weighted by atomic mass is 9.88. The van der Waals surface area contributed by atoms with Crippen molar-refractivity contribution in [3.63, 3.8) is 0 Å². The van der Waals surface area contributed by atoms with Crippen LogP contribution in [0.25, 0.3) is 0 Å². The second-order valence-corrected chi connectivity index (χ2v) is 6.80. The zero-order valence-corrected chi connectivity index (χ0v) is 15.2. The maximum Gasteiger partial charge on any atom is 0.446 e. The Kier molecular flexibility index (Phi) is 2.73. The first-order valence-electron chi connectivity index (χ1n) is 13.5. The molecule has 0 amide bonds. The Morgan fingerprint density at radius 3 is 1.66 bits per heavy atom. The molecular formula is C18H15NO8S2. The first-order valence-corrected chi connectivity index (χ1v) is 9.70. The lowest BCUT2D eigenvalue weighted by molar-refractivity contribution is 0.384. The van der Waals surface area contributed by atoms with E-state index in [1.807, 2.05) is 0 Å². The van der Waals surface area contributed by atoms with Crippen molar-refractivity contribution < 1.29 is 52.1 Å². The van der Waals surface area contributed by atoms with Gasteiger partial charge in [-0.2, -0.15) is 16.8 Å². The van der Waals surface area contributed by atoms with Crippen molar-refractivity contribution >= 4 is 20.8 Å². The van der Waals surface area contributed by atoms with Crippen LogP contribution in [0.1, 0.15) is 40.5 Å². The Balaban J connectivity index is 2.69. The Morgan fingerprint density at radius 2 is 1.24 bits per heavy atom. The molecule has 0 radical (unpaired) electrons. The van der Waals surface area contributed by atoms with Gasteiger partial charge in [-0.3, -0.25) is 14.1 Å². The van der Waals surface area contributed by atoms with Crippen molar-refractivity contribution in [2.75, 3.05) is 0 Å². The topological polar surface area (TPSA) is 140 Å². The lowest BCUT2D eigenvalue weighted by Gasteiger charge is -2.18. The quantitative estimate of drug-likeness (QED) is 0.520. The second-order valence-electron chi connectivity index (χ2n) is 4.75. The van der Waals surface area contributed by atoms with Gasteiger partial charge in [0.2, 0.25) is 0 Å². The van der Waals surface area contributed by atoms with Gasteiger partial charge in [0.25, 0.3) is 0 Å². The number of pyridine rings is 1. The summed E-state index contributed by atoms with van der Waals surface area (Å²) in [6.45, 7) is 0. The molecule has 2 N–H and O–H groups in total. The molecule has 0 unspecified atom stereocenters. The molecule has 2 aromatic carbocycles.